The molecule has 0 radical (unpaired) electrons. The van der Waals surface area contributed by atoms with E-state index in [1.807, 2.05) is 0 Å². The first kappa shape index (κ1) is 18.1. The molecule has 0 aromatic heterocycles. The van der Waals surface area contributed by atoms with E-state index >= 15 is 0 Å². The predicted octanol–water partition coefficient (Wildman–Crippen LogP) is 2.91. The number of sulfonamides is 1. The van der Waals surface area contributed by atoms with Gasteiger partial charge in [0.1, 0.15) is 0 Å². The number of benzene rings is 1. The molecule has 1 saturated carbocycles. The van der Waals surface area contributed by atoms with Crippen LogP contribution in [0.1, 0.15) is 61.7 Å². The summed E-state index contributed by atoms with van der Waals surface area (Å²) in [4.78, 5) is 12.4. The van der Waals surface area contributed by atoms with Crippen LogP contribution in [0.25, 0.3) is 0 Å². The van der Waals surface area contributed by atoms with Crippen molar-refractivity contribution in [2.45, 2.75) is 56.3 Å². The van der Waals surface area contributed by atoms with Gasteiger partial charge in [0.15, 0.2) is 0 Å². The number of carbonyl (C=O) groups excluding carboxylic acids is 1. The number of hydrogen-bond acceptors (Lipinski definition) is 4. The Labute approximate surface area is 149 Å². The first-order valence-electron chi connectivity index (χ1n) is 9.03. The molecule has 1 heterocycles. The Morgan fingerprint density at radius 3 is 2.12 bits per heavy atom. The maximum Gasteiger partial charge on any atom is 0.271 e. The second kappa shape index (κ2) is 8.10. The molecule has 1 saturated heterocycles. The van der Waals surface area contributed by atoms with Gasteiger partial charge in [-0.15, -0.1) is 0 Å². The van der Waals surface area contributed by atoms with Crippen LogP contribution in [0, 0.1) is 0 Å². The molecule has 6 nitrogen and oxygen atoms in total. The minimum atomic E-state index is -3.44. The van der Waals surface area contributed by atoms with Crippen LogP contribution in [0.2, 0.25) is 0 Å². The Bertz CT molecular complexity index is 725. The van der Waals surface area contributed by atoms with Gasteiger partial charge in [-0.25, -0.2) is 13.8 Å². The fraction of sp³-hybridized carbons (Fsp3) is 0.556. The zero-order chi connectivity index (χ0) is 17.7. The molecular weight excluding hydrogens is 338 g/mol. The van der Waals surface area contributed by atoms with Crippen LogP contribution in [0.15, 0.2) is 34.3 Å². The lowest BCUT2D eigenvalue weighted by molar-refractivity contribution is 0.0954. The van der Waals surface area contributed by atoms with Gasteiger partial charge in [-0.05, 0) is 62.8 Å². The zero-order valence-corrected chi connectivity index (χ0v) is 15.2. The highest BCUT2D eigenvalue weighted by atomic mass is 32.2. The Hall–Kier alpha value is -1.73. The van der Waals surface area contributed by atoms with E-state index in [0.717, 1.165) is 44.2 Å². The summed E-state index contributed by atoms with van der Waals surface area (Å²) < 4.78 is 26.5. The first-order valence-corrected chi connectivity index (χ1v) is 10.5. The maximum atomic E-state index is 12.5. The molecule has 1 aliphatic carbocycles. The zero-order valence-electron chi connectivity index (χ0n) is 14.4. The third-order valence-electron chi connectivity index (χ3n) is 4.82. The molecule has 3 rings (SSSR count). The fourth-order valence-electron chi connectivity index (χ4n) is 3.30. The molecule has 1 N–H and O–H groups in total. The van der Waals surface area contributed by atoms with Crippen molar-refractivity contribution in [3.05, 3.63) is 29.8 Å². The lowest BCUT2D eigenvalue weighted by Gasteiger charge is -2.15. The Kier molecular flexibility index (Phi) is 5.86. The molecule has 1 amide bonds. The summed E-state index contributed by atoms with van der Waals surface area (Å²) in [7, 11) is -3.44. The van der Waals surface area contributed by atoms with Crippen LogP contribution in [-0.2, 0) is 10.0 Å². The number of rotatable bonds is 4. The van der Waals surface area contributed by atoms with Gasteiger partial charge in [0.05, 0.1) is 4.90 Å². The van der Waals surface area contributed by atoms with E-state index in [-0.39, 0.29) is 10.8 Å². The van der Waals surface area contributed by atoms with E-state index in [4.69, 9.17) is 0 Å². The van der Waals surface area contributed by atoms with E-state index in [9.17, 15) is 13.2 Å². The van der Waals surface area contributed by atoms with Crippen LogP contribution in [0.4, 0.5) is 0 Å². The quantitative estimate of drug-likeness (QED) is 0.660. The van der Waals surface area contributed by atoms with Crippen molar-refractivity contribution in [1.82, 2.24) is 9.73 Å². The largest absolute Gasteiger partial charge is 0.271 e. The average molecular weight is 363 g/mol. The number of carbonyl (C=O) groups is 1. The van der Waals surface area contributed by atoms with Crippen molar-refractivity contribution in [2.24, 2.45) is 5.10 Å². The van der Waals surface area contributed by atoms with Gasteiger partial charge in [-0.3, -0.25) is 4.79 Å². The first-order chi connectivity index (χ1) is 12.1. The molecule has 1 aromatic carbocycles. The lowest BCUT2D eigenvalue weighted by Crippen LogP contribution is -2.28. The van der Waals surface area contributed by atoms with E-state index in [0.29, 0.717) is 18.7 Å². The van der Waals surface area contributed by atoms with E-state index < -0.39 is 10.0 Å². The van der Waals surface area contributed by atoms with E-state index in [1.54, 1.807) is 12.1 Å². The number of hydrogen-bond donors (Lipinski definition) is 1. The Morgan fingerprint density at radius 1 is 0.920 bits per heavy atom. The molecule has 0 unspecified atom stereocenters. The smallest absolute Gasteiger partial charge is 0.267 e. The minimum absolute atomic E-state index is 0.237. The van der Waals surface area contributed by atoms with Crippen LogP contribution in [-0.4, -0.2) is 37.4 Å². The summed E-state index contributed by atoms with van der Waals surface area (Å²) in [5.74, 6) is -0.304. The minimum Gasteiger partial charge on any atom is -0.267 e. The molecule has 2 aliphatic rings. The Morgan fingerprint density at radius 2 is 1.52 bits per heavy atom. The molecule has 1 aliphatic heterocycles. The SMILES string of the molecule is O=C(NN=C1CCCCCC1)c1ccc(S(=O)(=O)N2CCCC2)cc1. The topological polar surface area (TPSA) is 78.8 Å². The predicted molar refractivity (Wildman–Crippen MR) is 97.0 cm³/mol. The van der Waals surface area contributed by atoms with Gasteiger partial charge in [0, 0.05) is 24.4 Å². The second-order valence-electron chi connectivity index (χ2n) is 6.67. The summed E-state index contributed by atoms with van der Waals surface area (Å²) in [5.41, 5.74) is 4.05. The van der Waals surface area contributed by atoms with Gasteiger partial charge in [0.2, 0.25) is 10.0 Å². The summed E-state index contributed by atoms with van der Waals surface area (Å²) in [6.07, 6.45) is 8.37. The van der Waals surface area contributed by atoms with Crippen molar-refractivity contribution in [1.29, 1.82) is 0 Å². The van der Waals surface area contributed by atoms with Crippen molar-refractivity contribution in [2.75, 3.05) is 13.1 Å². The maximum absolute atomic E-state index is 12.5. The van der Waals surface area contributed by atoms with Gasteiger partial charge < -0.3 is 0 Å². The molecule has 0 spiro atoms. The van der Waals surface area contributed by atoms with E-state index in [1.165, 1.54) is 29.3 Å². The number of nitrogens with zero attached hydrogens (tertiary/aromatic N) is 2. The lowest BCUT2D eigenvalue weighted by atomic mass is 10.2. The summed E-state index contributed by atoms with van der Waals surface area (Å²) in [5, 5.41) is 4.24. The Balaban J connectivity index is 1.65. The number of nitrogens with one attached hydrogen (secondary N) is 1. The fourth-order valence-corrected chi connectivity index (χ4v) is 4.82. The molecule has 136 valence electrons. The summed E-state index contributed by atoms with van der Waals surface area (Å²) in [6, 6.07) is 6.10. The number of hydrazone groups is 1. The van der Waals surface area contributed by atoms with Crippen LogP contribution in [0.3, 0.4) is 0 Å². The van der Waals surface area contributed by atoms with Crippen molar-refractivity contribution < 1.29 is 13.2 Å². The molecule has 7 heteroatoms. The molecule has 2 fully saturated rings. The highest BCUT2D eigenvalue weighted by molar-refractivity contribution is 7.89. The number of amides is 1. The second-order valence-corrected chi connectivity index (χ2v) is 8.61. The van der Waals surface area contributed by atoms with Crippen LogP contribution in [0.5, 0.6) is 0 Å². The van der Waals surface area contributed by atoms with E-state index in [2.05, 4.69) is 10.5 Å². The molecule has 0 atom stereocenters. The van der Waals surface area contributed by atoms with Crippen LogP contribution >= 0.6 is 0 Å². The van der Waals surface area contributed by atoms with Crippen molar-refractivity contribution >= 4 is 21.6 Å². The monoisotopic (exact) mass is 363 g/mol. The van der Waals surface area contributed by atoms with Gasteiger partial charge in [-0.1, -0.05) is 12.8 Å². The van der Waals surface area contributed by atoms with Crippen molar-refractivity contribution in [3.8, 4) is 0 Å². The molecule has 25 heavy (non-hydrogen) atoms. The third-order valence-corrected chi connectivity index (χ3v) is 6.73. The third kappa shape index (κ3) is 4.46. The highest BCUT2D eigenvalue weighted by Gasteiger charge is 2.27. The standard InChI is InChI=1S/C18H25N3O3S/c22-18(20-19-16-7-3-1-2-4-8-16)15-9-11-17(12-10-15)25(23,24)21-13-5-6-14-21/h9-12H,1-8,13-14H2,(H,20,22). The highest BCUT2D eigenvalue weighted by Crippen LogP contribution is 2.21. The summed E-state index contributed by atoms with van der Waals surface area (Å²) >= 11 is 0. The van der Waals surface area contributed by atoms with Crippen LogP contribution < -0.4 is 5.43 Å². The molecule has 0 bridgehead atoms. The average Bonchev–Trinajstić information content (AvgIpc) is 3.05. The van der Waals surface area contributed by atoms with Gasteiger partial charge >= 0.3 is 0 Å². The summed E-state index contributed by atoms with van der Waals surface area (Å²) in [6.45, 7) is 1.14. The molecule has 1 aromatic rings. The molecular formula is C18H25N3O3S. The van der Waals surface area contributed by atoms with Gasteiger partial charge in [0.25, 0.3) is 5.91 Å². The van der Waals surface area contributed by atoms with Crippen molar-refractivity contribution in [3.63, 3.8) is 0 Å². The normalized spacial score (nSPS) is 19.4. The van der Waals surface area contributed by atoms with Gasteiger partial charge in [-0.2, -0.15) is 9.41 Å².